The summed E-state index contributed by atoms with van der Waals surface area (Å²) in [5.41, 5.74) is 10.6. The highest BCUT2D eigenvalue weighted by Crippen LogP contribution is 2.20. The molecule has 0 heterocycles. The van der Waals surface area contributed by atoms with Gasteiger partial charge in [-0.25, -0.2) is 4.79 Å². The van der Waals surface area contributed by atoms with Gasteiger partial charge in [0.2, 0.25) is 0 Å². The molecule has 0 bridgehead atoms. The lowest BCUT2D eigenvalue weighted by molar-refractivity contribution is 0.0602. The van der Waals surface area contributed by atoms with Crippen LogP contribution in [0.15, 0.2) is 41.5 Å². The second-order valence-corrected chi connectivity index (χ2v) is 5.44. The average molecular weight is 287 g/mol. The van der Waals surface area contributed by atoms with Crippen LogP contribution >= 0.6 is 0 Å². The van der Waals surface area contributed by atoms with Crippen molar-refractivity contribution >= 4 is 11.7 Å². The van der Waals surface area contributed by atoms with Gasteiger partial charge in [-0.05, 0) is 51.7 Å². The monoisotopic (exact) mass is 287 g/mol. The summed E-state index contributed by atoms with van der Waals surface area (Å²) in [5.74, 6) is -0.390. The SMILES string of the molecule is COC(=O)c1cccc(C/C=C(\C)CCC=C(C)C)c1N. The highest BCUT2D eigenvalue weighted by Gasteiger charge is 2.11. The first-order valence-electron chi connectivity index (χ1n) is 7.20. The third-order valence-corrected chi connectivity index (χ3v) is 3.36. The van der Waals surface area contributed by atoms with E-state index in [4.69, 9.17) is 10.5 Å². The van der Waals surface area contributed by atoms with Crippen molar-refractivity contribution in [3.8, 4) is 0 Å². The van der Waals surface area contributed by atoms with E-state index in [1.54, 1.807) is 6.07 Å². The maximum Gasteiger partial charge on any atom is 0.339 e. The van der Waals surface area contributed by atoms with E-state index in [-0.39, 0.29) is 0 Å². The van der Waals surface area contributed by atoms with E-state index >= 15 is 0 Å². The van der Waals surface area contributed by atoms with Gasteiger partial charge < -0.3 is 10.5 Å². The summed E-state index contributed by atoms with van der Waals surface area (Å²) in [6.45, 7) is 6.34. The molecule has 0 saturated carbocycles. The number of hydrogen-bond acceptors (Lipinski definition) is 3. The Kier molecular flexibility index (Phi) is 6.73. The van der Waals surface area contributed by atoms with Gasteiger partial charge in [0.25, 0.3) is 0 Å². The van der Waals surface area contributed by atoms with Gasteiger partial charge in [0.05, 0.1) is 12.7 Å². The van der Waals surface area contributed by atoms with Crippen LogP contribution in [0.25, 0.3) is 0 Å². The number of methoxy groups -OCH3 is 1. The predicted molar refractivity (Wildman–Crippen MR) is 88.3 cm³/mol. The Morgan fingerprint density at radius 2 is 1.95 bits per heavy atom. The van der Waals surface area contributed by atoms with Crippen molar-refractivity contribution in [2.24, 2.45) is 0 Å². The molecular weight excluding hydrogens is 262 g/mol. The normalized spacial score (nSPS) is 11.1. The molecule has 0 unspecified atom stereocenters. The molecule has 0 aliphatic rings. The largest absolute Gasteiger partial charge is 0.465 e. The van der Waals surface area contributed by atoms with Crippen LogP contribution in [-0.4, -0.2) is 13.1 Å². The molecule has 1 aromatic rings. The summed E-state index contributed by atoms with van der Waals surface area (Å²) in [6.07, 6.45) is 7.25. The minimum Gasteiger partial charge on any atom is -0.465 e. The highest BCUT2D eigenvalue weighted by atomic mass is 16.5. The van der Waals surface area contributed by atoms with Gasteiger partial charge in [-0.2, -0.15) is 0 Å². The molecule has 0 radical (unpaired) electrons. The van der Waals surface area contributed by atoms with E-state index in [9.17, 15) is 4.79 Å². The van der Waals surface area contributed by atoms with Crippen LogP contribution in [0.2, 0.25) is 0 Å². The number of ether oxygens (including phenoxy) is 1. The van der Waals surface area contributed by atoms with Gasteiger partial charge in [0, 0.05) is 5.69 Å². The number of anilines is 1. The van der Waals surface area contributed by atoms with Crippen LogP contribution in [0.5, 0.6) is 0 Å². The molecule has 0 amide bonds. The minimum atomic E-state index is -0.390. The summed E-state index contributed by atoms with van der Waals surface area (Å²) in [6, 6.07) is 5.47. The smallest absolute Gasteiger partial charge is 0.339 e. The van der Waals surface area contributed by atoms with Crippen molar-refractivity contribution in [1.29, 1.82) is 0 Å². The Labute approximate surface area is 127 Å². The number of rotatable bonds is 6. The second kappa shape index (κ2) is 8.30. The number of hydrogen-bond donors (Lipinski definition) is 1. The molecule has 21 heavy (non-hydrogen) atoms. The number of esters is 1. The Morgan fingerprint density at radius 1 is 1.24 bits per heavy atom. The summed E-state index contributed by atoms with van der Waals surface area (Å²) in [4.78, 5) is 11.6. The van der Waals surface area contributed by atoms with Crippen molar-refractivity contribution in [2.75, 3.05) is 12.8 Å². The lowest BCUT2D eigenvalue weighted by Crippen LogP contribution is -2.07. The molecule has 1 rings (SSSR count). The van der Waals surface area contributed by atoms with Crippen LogP contribution in [0.1, 0.15) is 49.5 Å². The number of benzene rings is 1. The minimum absolute atomic E-state index is 0.390. The third-order valence-electron chi connectivity index (χ3n) is 3.36. The molecule has 0 fully saturated rings. The summed E-state index contributed by atoms with van der Waals surface area (Å²) >= 11 is 0. The summed E-state index contributed by atoms with van der Waals surface area (Å²) < 4.78 is 4.73. The van der Waals surface area contributed by atoms with E-state index < -0.39 is 5.97 Å². The molecule has 0 aliphatic carbocycles. The van der Waals surface area contributed by atoms with Crippen molar-refractivity contribution in [2.45, 2.75) is 40.0 Å². The standard InChI is InChI=1S/C18H25NO2/c1-13(2)7-5-8-14(3)11-12-15-9-6-10-16(17(15)19)18(20)21-4/h6-7,9-11H,5,8,12,19H2,1-4H3/b14-11+. The molecular formula is C18H25NO2. The predicted octanol–water partition coefficient (Wildman–Crippen LogP) is 4.29. The molecule has 3 nitrogen and oxygen atoms in total. The molecule has 0 atom stereocenters. The van der Waals surface area contributed by atoms with Crippen molar-refractivity contribution in [3.05, 3.63) is 52.6 Å². The molecule has 2 N–H and O–H groups in total. The fourth-order valence-corrected chi connectivity index (χ4v) is 2.05. The summed E-state index contributed by atoms with van der Waals surface area (Å²) in [5, 5.41) is 0. The van der Waals surface area contributed by atoms with Crippen LogP contribution < -0.4 is 5.73 Å². The Hall–Kier alpha value is -2.03. The lowest BCUT2D eigenvalue weighted by Gasteiger charge is -2.08. The first-order valence-corrected chi connectivity index (χ1v) is 7.20. The quantitative estimate of drug-likeness (QED) is 0.482. The van der Waals surface area contributed by atoms with E-state index in [2.05, 4.69) is 32.9 Å². The fourth-order valence-electron chi connectivity index (χ4n) is 2.05. The molecule has 3 heteroatoms. The van der Waals surface area contributed by atoms with E-state index in [0.29, 0.717) is 11.3 Å². The van der Waals surface area contributed by atoms with Crippen molar-refractivity contribution < 1.29 is 9.53 Å². The van der Waals surface area contributed by atoms with Gasteiger partial charge in [0.1, 0.15) is 0 Å². The Balaban J connectivity index is 2.75. The van der Waals surface area contributed by atoms with Crippen LogP contribution in [0.3, 0.4) is 0 Å². The number of nitrogens with two attached hydrogens (primary N) is 1. The number of nitrogen functional groups attached to an aromatic ring is 1. The van der Waals surface area contributed by atoms with Gasteiger partial charge in [-0.3, -0.25) is 0 Å². The van der Waals surface area contributed by atoms with Crippen LogP contribution in [-0.2, 0) is 11.2 Å². The highest BCUT2D eigenvalue weighted by molar-refractivity contribution is 5.95. The molecule has 0 saturated heterocycles. The maximum atomic E-state index is 11.6. The van der Waals surface area contributed by atoms with E-state index in [1.165, 1.54) is 18.3 Å². The zero-order chi connectivity index (χ0) is 15.8. The van der Waals surface area contributed by atoms with Gasteiger partial charge in [-0.15, -0.1) is 0 Å². The van der Waals surface area contributed by atoms with Gasteiger partial charge in [0.15, 0.2) is 0 Å². The first kappa shape index (κ1) is 17.0. The van der Waals surface area contributed by atoms with Crippen LogP contribution in [0.4, 0.5) is 5.69 Å². The Morgan fingerprint density at radius 3 is 2.57 bits per heavy atom. The van der Waals surface area contributed by atoms with Gasteiger partial charge in [-0.1, -0.05) is 35.4 Å². The van der Waals surface area contributed by atoms with E-state index in [1.807, 2.05) is 12.1 Å². The molecule has 0 spiro atoms. The van der Waals surface area contributed by atoms with Crippen LogP contribution in [0, 0.1) is 0 Å². The third kappa shape index (κ3) is 5.46. The summed E-state index contributed by atoms with van der Waals surface area (Å²) in [7, 11) is 1.36. The number of carbonyl (C=O) groups excluding carboxylic acids is 1. The molecule has 0 aliphatic heterocycles. The van der Waals surface area contributed by atoms with Crippen molar-refractivity contribution in [1.82, 2.24) is 0 Å². The Bertz CT molecular complexity index is 552. The van der Waals surface area contributed by atoms with Gasteiger partial charge >= 0.3 is 5.97 Å². The van der Waals surface area contributed by atoms with Crippen molar-refractivity contribution in [3.63, 3.8) is 0 Å². The maximum absolute atomic E-state index is 11.6. The molecule has 0 aromatic heterocycles. The topological polar surface area (TPSA) is 52.3 Å². The number of para-hydroxylation sites is 1. The second-order valence-electron chi connectivity index (χ2n) is 5.44. The number of allylic oxidation sites excluding steroid dienone is 4. The average Bonchev–Trinajstić information content (AvgIpc) is 2.45. The fraction of sp³-hybridized carbons (Fsp3) is 0.389. The lowest BCUT2D eigenvalue weighted by atomic mass is 10.0. The molecule has 1 aromatic carbocycles. The zero-order valence-corrected chi connectivity index (χ0v) is 13.4. The first-order chi connectivity index (χ1) is 9.95. The zero-order valence-electron chi connectivity index (χ0n) is 13.4. The number of carbonyl (C=O) groups is 1. The van der Waals surface area contributed by atoms with E-state index in [0.717, 1.165) is 24.8 Å². The molecule has 114 valence electrons.